The molecule has 1 aromatic rings. The molecule has 0 unspecified atom stereocenters. The van der Waals surface area contributed by atoms with Crippen molar-refractivity contribution in [2.24, 2.45) is 4.99 Å². The molecule has 15 heavy (non-hydrogen) atoms. The third-order valence-electron chi connectivity index (χ3n) is 2.34. The lowest BCUT2D eigenvalue weighted by Gasteiger charge is -2.10. The minimum absolute atomic E-state index is 0. The Morgan fingerprint density at radius 2 is 1.93 bits per heavy atom. The molecule has 1 aliphatic heterocycles. The van der Waals surface area contributed by atoms with Gasteiger partial charge in [-0.25, -0.2) is 0 Å². The summed E-state index contributed by atoms with van der Waals surface area (Å²) in [5.74, 6) is 1.07. The second-order valence-electron chi connectivity index (χ2n) is 3.51. The zero-order valence-corrected chi connectivity index (χ0v) is 10.3. The van der Waals surface area contributed by atoms with Crippen molar-refractivity contribution in [2.75, 3.05) is 6.54 Å². The molecule has 82 valence electrons. The van der Waals surface area contributed by atoms with Gasteiger partial charge in [-0.2, -0.15) is 0 Å². The fourth-order valence-electron chi connectivity index (χ4n) is 1.53. The summed E-state index contributed by atoms with van der Waals surface area (Å²) in [5.41, 5.74) is 1.39. The van der Waals surface area contributed by atoms with Crippen LogP contribution in [0.15, 0.2) is 35.3 Å². The van der Waals surface area contributed by atoms with Crippen LogP contribution in [0.3, 0.4) is 0 Å². The van der Waals surface area contributed by atoms with Gasteiger partial charge in [0, 0.05) is 12.3 Å². The van der Waals surface area contributed by atoms with Gasteiger partial charge in [-0.05, 0) is 24.8 Å². The summed E-state index contributed by atoms with van der Waals surface area (Å²) in [6.07, 6.45) is 3.79. The molecule has 2 rings (SSSR count). The Labute approximate surface area is 102 Å². The standard InChI is InChI=1S/C12H15NS.ClH/c1-2-6-11(7-3-1)10-14-12-8-4-5-9-13-12;/h1-3,6-7H,4-5,8-10H2;1H. The summed E-state index contributed by atoms with van der Waals surface area (Å²) < 4.78 is 0. The first-order chi connectivity index (χ1) is 6.95. The smallest absolute Gasteiger partial charge is 0.0679 e. The van der Waals surface area contributed by atoms with Crippen molar-refractivity contribution in [3.05, 3.63) is 35.9 Å². The van der Waals surface area contributed by atoms with Gasteiger partial charge in [0.05, 0.1) is 5.04 Å². The highest BCUT2D eigenvalue weighted by Gasteiger charge is 2.05. The molecule has 0 saturated carbocycles. The number of halogens is 1. The molecular formula is C12H16ClNS. The van der Waals surface area contributed by atoms with Crippen LogP contribution < -0.4 is 0 Å². The van der Waals surface area contributed by atoms with Crippen molar-refractivity contribution in [1.29, 1.82) is 0 Å². The quantitative estimate of drug-likeness (QED) is 0.765. The third kappa shape index (κ3) is 4.27. The number of rotatable bonds is 2. The van der Waals surface area contributed by atoms with E-state index in [2.05, 4.69) is 35.3 Å². The minimum Gasteiger partial charge on any atom is -0.283 e. The number of nitrogens with zero attached hydrogens (tertiary/aromatic N) is 1. The SMILES string of the molecule is Cl.c1ccc(CSC2=NCCCC2)cc1. The highest BCUT2D eigenvalue weighted by molar-refractivity contribution is 8.13. The van der Waals surface area contributed by atoms with Crippen LogP contribution in [0.1, 0.15) is 24.8 Å². The van der Waals surface area contributed by atoms with Crippen LogP contribution in [0.5, 0.6) is 0 Å². The van der Waals surface area contributed by atoms with Gasteiger partial charge in [-0.3, -0.25) is 4.99 Å². The normalized spacial score (nSPS) is 15.3. The van der Waals surface area contributed by atoms with Crippen molar-refractivity contribution < 1.29 is 0 Å². The van der Waals surface area contributed by atoms with E-state index in [1.807, 2.05) is 11.8 Å². The fourth-order valence-corrected chi connectivity index (χ4v) is 2.53. The van der Waals surface area contributed by atoms with E-state index in [4.69, 9.17) is 0 Å². The van der Waals surface area contributed by atoms with Crippen LogP contribution >= 0.6 is 24.2 Å². The second-order valence-corrected chi connectivity index (χ2v) is 4.56. The maximum absolute atomic E-state index is 4.52. The molecule has 0 amide bonds. The first-order valence-corrected chi connectivity index (χ1v) is 6.14. The largest absolute Gasteiger partial charge is 0.283 e. The molecule has 0 atom stereocenters. The molecule has 0 aliphatic carbocycles. The van der Waals surface area contributed by atoms with Crippen LogP contribution in [-0.2, 0) is 5.75 Å². The van der Waals surface area contributed by atoms with E-state index in [-0.39, 0.29) is 12.4 Å². The van der Waals surface area contributed by atoms with Gasteiger partial charge in [-0.1, -0.05) is 30.3 Å². The van der Waals surface area contributed by atoms with E-state index in [1.165, 1.54) is 29.9 Å². The molecule has 0 fully saturated rings. The molecule has 0 aromatic heterocycles. The van der Waals surface area contributed by atoms with Gasteiger partial charge in [-0.15, -0.1) is 24.2 Å². The lowest BCUT2D eigenvalue weighted by atomic mass is 10.2. The van der Waals surface area contributed by atoms with E-state index in [0.717, 1.165) is 12.3 Å². The number of hydrogen-bond donors (Lipinski definition) is 0. The maximum atomic E-state index is 4.52. The highest BCUT2D eigenvalue weighted by Crippen LogP contribution is 2.20. The first-order valence-electron chi connectivity index (χ1n) is 5.15. The summed E-state index contributed by atoms with van der Waals surface area (Å²) >= 11 is 1.90. The van der Waals surface area contributed by atoms with Crippen molar-refractivity contribution in [3.8, 4) is 0 Å². The lowest BCUT2D eigenvalue weighted by Crippen LogP contribution is -2.02. The molecule has 0 N–H and O–H groups in total. The number of aliphatic imine (C=N–C) groups is 1. The minimum atomic E-state index is 0. The van der Waals surface area contributed by atoms with Crippen molar-refractivity contribution in [1.82, 2.24) is 0 Å². The monoisotopic (exact) mass is 241 g/mol. The fraction of sp³-hybridized carbons (Fsp3) is 0.417. The Morgan fingerprint density at radius 1 is 1.13 bits per heavy atom. The van der Waals surface area contributed by atoms with Gasteiger partial charge < -0.3 is 0 Å². The van der Waals surface area contributed by atoms with Crippen molar-refractivity contribution >= 4 is 29.2 Å². The van der Waals surface area contributed by atoms with Crippen LogP contribution in [0.25, 0.3) is 0 Å². The Kier molecular flexibility index (Phi) is 5.81. The molecule has 1 nitrogen and oxygen atoms in total. The summed E-state index contributed by atoms with van der Waals surface area (Å²) in [5, 5.41) is 1.35. The zero-order valence-electron chi connectivity index (χ0n) is 8.69. The molecule has 0 spiro atoms. The summed E-state index contributed by atoms with van der Waals surface area (Å²) in [7, 11) is 0. The molecule has 3 heteroatoms. The Morgan fingerprint density at radius 3 is 2.60 bits per heavy atom. The highest BCUT2D eigenvalue weighted by atomic mass is 35.5. The molecule has 0 bridgehead atoms. The van der Waals surface area contributed by atoms with E-state index < -0.39 is 0 Å². The van der Waals surface area contributed by atoms with Crippen molar-refractivity contribution in [3.63, 3.8) is 0 Å². The predicted octanol–water partition coefficient (Wildman–Crippen LogP) is 3.92. The van der Waals surface area contributed by atoms with Gasteiger partial charge in [0.25, 0.3) is 0 Å². The molecular weight excluding hydrogens is 226 g/mol. The predicted molar refractivity (Wildman–Crippen MR) is 71.1 cm³/mol. The van der Waals surface area contributed by atoms with Crippen LogP contribution in [0, 0.1) is 0 Å². The van der Waals surface area contributed by atoms with Gasteiger partial charge in [0.2, 0.25) is 0 Å². The third-order valence-corrected chi connectivity index (χ3v) is 3.48. The molecule has 1 aliphatic rings. The Balaban J connectivity index is 0.00000112. The second kappa shape index (κ2) is 6.91. The summed E-state index contributed by atoms with van der Waals surface area (Å²) in [4.78, 5) is 4.52. The van der Waals surface area contributed by atoms with Gasteiger partial charge in [0.15, 0.2) is 0 Å². The summed E-state index contributed by atoms with van der Waals surface area (Å²) in [6, 6.07) is 10.6. The van der Waals surface area contributed by atoms with Crippen LogP contribution in [0.4, 0.5) is 0 Å². The zero-order chi connectivity index (χ0) is 9.64. The van der Waals surface area contributed by atoms with Gasteiger partial charge in [0.1, 0.15) is 0 Å². The first kappa shape index (κ1) is 12.6. The molecule has 0 saturated heterocycles. The van der Waals surface area contributed by atoms with E-state index in [9.17, 15) is 0 Å². The van der Waals surface area contributed by atoms with Crippen LogP contribution in [-0.4, -0.2) is 11.6 Å². The van der Waals surface area contributed by atoms with Crippen molar-refractivity contribution in [2.45, 2.75) is 25.0 Å². The summed E-state index contributed by atoms with van der Waals surface area (Å²) in [6.45, 7) is 1.04. The average Bonchev–Trinajstić information content (AvgIpc) is 2.29. The van der Waals surface area contributed by atoms with Gasteiger partial charge >= 0.3 is 0 Å². The topological polar surface area (TPSA) is 12.4 Å². The molecule has 1 heterocycles. The number of hydrogen-bond acceptors (Lipinski definition) is 2. The number of thioether (sulfide) groups is 1. The molecule has 0 radical (unpaired) electrons. The van der Waals surface area contributed by atoms with E-state index in [0.29, 0.717) is 0 Å². The van der Waals surface area contributed by atoms with E-state index >= 15 is 0 Å². The lowest BCUT2D eigenvalue weighted by molar-refractivity contribution is 0.745. The van der Waals surface area contributed by atoms with Crippen LogP contribution in [0.2, 0.25) is 0 Å². The maximum Gasteiger partial charge on any atom is 0.0679 e. The number of benzene rings is 1. The average molecular weight is 242 g/mol. The Hall–Kier alpha value is -0.470. The van der Waals surface area contributed by atoms with E-state index in [1.54, 1.807) is 0 Å². The molecule has 1 aromatic carbocycles. The Bertz CT molecular complexity index is 311.